The lowest BCUT2D eigenvalue weighted by Crippen LogP contribution is -2.45. The zero-order valence-electron chi connectivity index (χ0n) is 12.9. The summed E-state index contributed by atoms with van der Waals surface area (Å²) < 4.78 is 0. The lowest BCUT2D eigenvalue weighted by atomic mass is 10.2. The number of hydrogen-bond acceptors (Lipinski definition) is 4. The van der Waals surface area contributed by atoms with Crippen LogP contribution in [-0.2, 0) is 9.59 Å². The van der Waals surface area contributed by atoms with Gasteiger partial charge in [0, 0.05) is 13.1 Å². The molecule has 3 amide bonds. The number of nitrogens with one attached hydrogen (secondary N) is 3. The number of aromatic nitrogens is 1. The lowest BCUT2D eigenvalue weighted by molar-refractivity contribution is -0.122. The van der Waals surface area contributed by atoms with E-state index in [-0.39, 0.29) is 11.4 Å². The van der Waals surface area contributed by atoms with Crippen molar-refractivity contribution >= 4 is 23.8 Å². The van der Waals surface area contributed by atoms with E-state index in [4.69, 9.17) is 0 Å². The molecule has 0 saturated heterocycles. The molecule has 0 unspecified atom stereocenters. The number of hydrazine groups is 1. The van der Waals surface area contributed by atoms with Crippen molar-refractivity contribution in [1.82, 2.24) is 21.2 Å². The number of carbonyl (C=O) groups excluding carboxylic acids is 3. The van der Waals surface area contributed by atoms with Gasteiger partial charge < -0.3 is 5.32 Å². The van der Waals surface area contributed by atoms with E-state index in [1.165, 1.54) is 25.3 Å². The van der Waals surface area contributed by atoms with Crippen molar-refractivity contribution in [1.29, 1.82) is 0 Å². The summed E-state index contributed by atoms with van der Waals surface area (Å²) >= 11 is 0. The molecule has 7 nitrogen and oxygen atoms in total. The molecule has 0 spiro atoms. The van der Waals surface area contributed by atoms with E-state index in [1.54, 1.807) is 36.4 Å². The maximum Gasteiger partial charge on any atom is 0.288 e. The van der Waals surface area contributed by atoms with Gasteiger partial charge in [-0.3, -0.25) is 30.2 Å². The fourth-order valence-electron chi connectivity index (χ4n) is 1.81. The molecule has 0 aliphatic rings. The molecular weight excluding hydrogens is 308 g/mol. The van der Waals surface area contributed by atoms with Crippen molar-refractivity contribution < 1.29 is 14.4 Å². The van der Waals surface area contributed by atoms with Crippen molar-refractivity contribution in [3.63, 3.8) is 0 Å². The summed E-state index contributed by atoms with van der Waals surface area (Å²) in [6.45, 7) is 1.29. The Morgan fingerprint density at radius 2 is 1.67 bits per heavy atom. The molecule has 0 fully saturated rings. The first-order valence-electron chi connectivity index (χ1n) is 7.12. The first-order valence-corrected chi connectivity index (χ1v) is 7.12. The molecule has 0 saturated carbocycles. The minimum Gasteiger partial charge on any atom is -0.322 e. The van der Waals surface area contributed by atoms with Crippen molar-refractivity contribution in [2.24, 2.45) is 0 Å². The Balaban J connectivity index is 2.07. The van der Waals surface area contributed by atoms with Crippen LogP contribution in [0.5, 0.6) is 0 Å². The SMILES string of the molecule is CC(=O)N/C(=C\c1ccccc1)C(=O)NNC(=O)c1ccccn1. The van der Waals surface area contributed by atoms with Crippen LogP contribution in [0.4, 0.5) is 0 Å². The molecule has 122 valence electrons. The summed E-state index contributed by atoms with van der Waals surface area (Å²) in [5.74, 6) is -1.62. The van der Waals surface area contributed by atoms with Crippen molar-refractivity contribution in [2.45, 2.75) is 6.92 Å². The number of rotatable bonds is 4. The maximum absolute atomic E-state index is 12.2. The van der Waals surface area contributed by atoms with Crippen molar-refractivity contribution in [3.05, 3.63) is 71.7 Å². The Labute approximate surface area is 138 Å². The summed E-state index contributed by atoms with van der Waals surface area (Å²) in [7, 11) is 0. The second-order valence-electron chi connectivity index (χ2n) is 4.77. The first-order chi connectivity index (χ1) is 11.6. The minimum atomic E-state index is -0.654. The van der Waals surface area contributed by atoms with Crippen LogP contribution in [0.1, 0.15) is 23.0 Å². The van der Waals surface area contributed by atoms with E-state index in [2.05, 4.69) is 21.2 Å². The highest BCUT2D eigenvalue weighted by atomic mass is 16.2. The van der Waals surface area contributed by atoms with Gasteiger partial charge >= 0.3 is 0 Å². The van der Waals surface area contributed by atoms with Crippen LogP contribution in [0.3, 0.4) is 0 Å². The molecule has 0 aliphatic carbocycles. The van der Waals surface area contributed by atoms with E-state index in [9.17, 15) is 14.4 Å². The van der Waals surface area contributed by atoms with Gasteiger partial charge in [0.1, 0.15) is 11.4 Å². The van der Waals surface area contributed by atoms with Gasteiger partial charge in [0.05, 0.1) is 0 Å². The van der Waals surface area contributed by atoms with Crippen LogP contribution >= 0.6 is 0 Å². The van der Waals surface area contributed by atoms with E-state index in [0.717, 1.165) is 5.56 Å². The topological polar surface area (TPSA) is 100 Å². The fourth-order valence-corrected chi connectivity index (χ4v) is 1.81. The molecule has 3 N–H and O–H groups in total. The highest BCUT2D eigenvalue weighted by Crippen LogP contribution is 2.05. The summed E-state index contributed by atoms with van der Waals surface area (Å²) in [6, 6.07) is 13.8. The van der Waals surface area contributed by atoms with Crippen molar-refractivity contribution in [2.75, 3.05) is 0 Å². The van der Waals surface area contributed by atoms with Gasteiger partial charge in [0.15, 0.2) is 0 Å². The van der Waals surface area contributed by atoms with Crippen LogP contribution < -0.4 is 16.2 Å². The lowest BCUT2D eigenvalue weighted by Gasteiger charge is -2.10. The standard InChI is InChI=1S/C17H16N4O3/c1-12(22)19-15(11-13-7-3-2-4-8-13)17(24)21-20-16(23)14-9-5-6-10-18-14/h2-11H,1H3,(H,19,22)(H,20,23)(H,21,24)/b15-11-. The summed E-state index contributed by atoms with van der Waals surface area (Å²) in [5.41, 5.74) is 5.39. The average Bonchev–Trinajstić information content (AvgIpc) is 2.60. The quantitative estimate of drug-likeness (QED) is 0.577. The van der Waals surface area contributed by atoms with Gasteiger partial charge in [-0.05, 0) is 23.8 Å². The zero-order valence-corrected chi connectivity index (χ0v) is 12.9. The van der Waals surface area contributed by atoms with Gasteiger partial charge in [0.2, 0.25) is 5.91 Å². The maximum atomic E-state index is 12.2. The van der Waals surface area contributed by atoms with Crippen LogP contribution in [-0.4, -0.2) is 22.7 Å². The van der Waals surface area contributed by atoms with Crippen molar-refractivity contribution in [3.8, 4) is 0 Å². The Bertz CT molecular complexity index is 758. The van der Waals surface area contributed by atoms with Crippen LogP contribution in [0.25, 0.3) is 6.08 Å². The largest absolute Gasteiger partial charge is 0.322 e. The Morgan fingerprint density at radius 3 is 2.29 bits per heavy atom. The number of nitrogens with zero attached hydrogens (tertiary/aromatic N) is 1. The Hall–Kier alpha value is -3.48. The van der Waals surface area contributed by atoms with E-state index < -0.39 is 17.7 Å². The molecule has 1 heterocycles. The number of amides is 3. The van der Waals surface area contributed by atoms with E-state index in [1.807, 2.05) is 6.07 Å². The fraction of sp³-hybridized carbons (Fsp3) is 0.0588. The average molecular weight is 324 g/mol. The monoisotopic (exact) mass is 324 g/mol. The summed E-state index contributed by atoms with van der Waals surface area (Å²) in [4.78, 5) is 39.2. The summed E-state index contributed by atoms with van der Waals surface area (Å²) in [6.07, 6.45) is 2.97. The third-order valence-corrected chi connectivity index (χ3v) is 2.85. The third kappa shape index (κ3) is 5.06. The smallest absolute Gasteiger partial charge is 0.288 e. The van der Waals surface area contributed by atoms with Crippen LogP contribution in [0.2, 0.25) is 0 Å². The molecule has 0 aliphatic heterocycles. The molecule has 7 heteroatoms. The highest BCUT2D eigenvalue weighted by Gasteiger charge is 2.13. The third-order valence-electron chi connectivity index (χ3n) is 2.85. The van der Waals surface area contributed by atoms with Gasteiger partial charge in [-0.2, -0.15) is 0 Å². The summed E-state index contributed by atoms with van der Waals surface area (Å²) in [5, 5.41) is 2.43. The number of hydrogen-bond donors (Lipinski definition) is 3. The Kier molecular flexibility index (Phi) is 5.79. The van der Waals surface area contributed by atoms with E-state index in [0.29, 0.717) is 0 Å². The number of benzene rings is 1. The zero-order chi connectivity index (χ0) is 17.4. The molecule has 0 radical (unpaired) electrons. The Morgan fingerprint density at radius 1 is 0.958 bits per heavy atom. The number of carbonyl (C=O) groups is 3. The molecule has 1 aromatic heterocycles. The van der Waals surface area contributed by atoms with E-state index >= 15 is 0 Å². The second kappa shape index (κ2) is 8.23. The van der Waals surface area contributed by atoms with Gasteiger partial charge in [-0.1, -0.05) is 36.4 Å². The van der Waals surface area contributed by atoms with Gasteiger partial charge in [-0.15, -0.1) is 0 Å². The molecule has 2 rings (SSSR count). The normalized spacial score (nSPS) is 10.6. The van der Waals surface area contributed by atoms with Crippen LogP contribution in [0, 0.1) is 0 Å². The molecule has 2 aromatic rings. The predicted octanol–water partition coefficient (Wildman–Crippen LogP) is 1.02. The minimum absolute atomic E-state index is 0.00928. The second-order valence-corrected chi connectivity index (χ2v) is 4.77. The van der Waals surface area contributed by atoms with Gasteiger partial charge in [-0.25, -0.2) is 0 Å². The van der Waals surface area contributed by atoms with Crippen LogP contribution in [0.15, 0.2) is 60.4 Å². The molecule has 1 aromatic carbocycles. The van der Waals surface area contributed by atoms with Gasteiger partial charge in [0.25, 0.3) is 11.8 Å². The predicted molar refractivity (Wildman–Crippen MR) is 88.1 cm³/mol. The highest BCUT2D eigenvalue weighted by molar-refractivity contribution is 6.02. The molecule has 0 atom stereocenters. The molecular formula is C17H16N4O3. The molecule has 24 heavy (non-hydrogen) atoms. The first kappa shape index (κ1) is 16.9. The number of pyridine rings is 1. The molecule has 0 bridgehead atoms.